The number of nitrogens with zero attached hydrogens (tertiary/aromatic N) is 1. The predicted molar refractivity (Wildman–Crippen MR) is 87.9 cm³/mol. The molecule has 0 aliphatic carbocycles. The van der Waals surface area contributed by atoms with E-state index in [1.807, 2.05) is 17.0 Å². The van der Waals surface area contributed by atoms with Crippen molar-refractivity contribution in [1.82, 2.24) is 10.2 Å². The lowest BCUT2D eigenvalue weighted by Crippen LogP contribution is -2.46. The molecule has 4 nitrogen and oxygen atoms in total. The van der Waals surface area contributed by atoms with Gasteiger partial charge >= 0.3 is 6.03 Å². The highest BCUT2D eigenvalue weighted by molar-refractivity contribution is 6.30. The topological polar surface area (TPSA) is 44.4 Å². The number of anilines is 1. The van der Waals surface area contributed by atoms with Gasteiger partial charge < -0.3 is 15.5 Å². The average Bonchev–Trinajstić information content (AvgIpc) is 2.48. The van der Waals surface area contributed by atoms with Crippen LogP contribution in [0, 0.1) is 5.92 Å². The van der Waals surface area contributed by atoms with Gasteiger partial charge in [0.05, 0.1) is 0 Å². The number of hydrogen-bond donors (Lipinski definition) is 2. The largest absolute Gasteiger partial charge is 0.322 e. The Morgan fingerprint density at radius 2 is 2.14 bits per heavy atom. The summed E-state index contributed by atoms with van der Waals surface area (Å²) in [6.45, 7) is 6.99. The Morgan fingerprint density at radius 1 is 1.43 bits per heavy atom. The normalized spacial score (nSPS) is 18.6. The number of urea groups is 1. The maximum Gasteiger partial charge on any atom is 0.322 e. The summed E-state index contributed by atoms with van der Waals surface area (Å²) in [5.41, 5.74) is 0.775. The second-order valence-electron chi connectivity index (χ2n) is 5.90. The van der Waals surface area contributed by atoms with Gasteiger partial charge in [0, 0.05) is 23.3 Å². The quantitative estimate of drug-likeness (QED) is 0.893. The molecule has 1 aromatic carbocycles. The molecule has 2 N–H and O–H groups in total. The molecular formula is C16H24ClN3O. The van der Waals surface area contributed by atoms with Crippen molar-refractivity contribution in [1.29, 1.82) is 0 Å². The molecule has 0 bridgehead atoms. The van der Waals surface area contributed by atoms with E-state index in [1.54, 1.807) is 12.1 Å². The van der Waals surface area contributed by atoms with Gasteiger partial charge in [-0.2, -0.15) is 0 Å². The first-order chi connectivity index (χ1) is 10.1. The molecule has 0 saturated carbocycles. The van der Waals surface area contributed by atoms with Crippen LogP contribution in [0.15, 0.2) is 24.3 Å². The van der Waals surface area contributed by atoms with Gasteiger partial charge in [0.1, 0.15) is 0 Å². The Morgan fingerprint density at radius 3 is 2.71 bits per heavy atom. The fourth-order valence-electron chi connectivity index (χ4n) is 2.61. The van der Waals surface area contributed by atoms with Crippen LogP contribution >= 0.6 is 11.6 Å². The molecule has 1 aliphatic rings. The molecule has 0 spiro atoms. The van der Waals surface area contributed by atoms with Gasteiger partial charge in [-0.1, -0.05) is 11.6 Å². The van der Waals surface area contributed by atoms with Crippen molar-refractivity contribution in [3.05, 3.63) is 29.3 Å². The molecule has 1 fully saturated rings. The minimum atomic E-state index is -0.0436. The Bertz CT molecular complexity index is 455. The number of halogens is 1. The van der Waals surface area contributed by atoms with Crippen LogP contribution in [0.4, 0.5) is 10.5 Å². The molecule has 0 radical (unpaired) electrons. The SMILES string of the molecule is CC(C)N(CC1CCCNC1)C(=O)Nc1ccc(Cl)cc1. The van der Waals surface area contributed by atoms with Gasteiger partial charge in [-0.3, -0.25) is 0 Å². The zero-order valence-electron chi connectivity index (χ0n) is 12.7. The standard InChI is InChI=1S/C16H24ClN3O/c1-12(2)20(11-13-4-3-9-18-10-13)16(21)19-15-7-5-14(17)6-8-15/h5-8,12-13,18H,3-4,9-11H2,1-2H3,(H,19,21). The van der Waals surface area contributed by atoms with Crippen molar-refractivity contribution in [2.24, 2.45) is 5.92 Å². The van der Waals surface area contributed by atoms with Crippen LogP contribution < -0.4 is 10.6 Å². The number of carbonyl (C=O) groups is 1. The number of hydrogen-bond acceptors (Lipinski definition) is 2. The zero-order chi connectivity index (χ0) is 15.2. The van der Waals surface area contributed by atoms with E-state index in [9.17, 15) is 4.79 Å². The number of nitrogens with one attached hydrogen (secondary N) is 2. The van der Waals surface area contributed by atoms with Crippen molar-refractivity contribution >= 4 is 23.3 Å². The highest BCUT2D eigenvalue weighted by atomic mass is 35.5. The van der Waals surface area contributed by atoms with Crippen molar-refractivity contribution < 1.29 is 4.79 Å². The monoisotopic (exact) mass is 309 g/mol. The lowest BCUT2D eigenvalue weighted by molar-refractivity contribution is 0.176. The summed E-state index contributed by atoms with van der Waals surface area (Å²) in [5, 5.41) is 7.02. The second kappa shape index (κ2) is 7.66. The fraction of sp³-hybridized carbons (Fsp3) is 0.562. The van der Waals surface area contributed by atoms with Gasteiger partial charge in [-0.15, -0.1) is 0 Å². The average molecular weight is 310 g/mol. The van der Waals surface area contributed by atoms with E-state index in [0.29, 0.717) is 10.9 Å². The maximum atomic E-state index is 12.5. The predicted octanol–water partition coefficient (Wildman–Crippen LogP) is 3.58. The van der Waals surface area contributed by atoms with E-state index in [-0.39, 0.29) is 12.1 Å². The molecule has 21 heavy (non-hydrogen) atoms. The Kier molecular flexibility index (Phi) is 5.88. The van der Waals surface area contributed by atoms with Crippen molar-refractivity contribution in [3.63, 3.8) is 0 Å². The van der Waals surface area contributed by atoms with Gasteiger partial charge in [0.25, 0.3) is 0 Å². The molecule has 2 rings (SSSR count). The van der Waals surface area contributed by atoms with E-state index in [4.69, 9.17) is 11.6 Å². The van der Waals surface area contributed by atoms with Crippen LogP contribution in [-0.2, 0) is 0 Å². The lowest BCUT2D eigenvalue weighted by Gasteiger charge is -2.32. The summed E-state index contributed by atoms with van der Waals surface area (Å²) in [6, 6.07) is 7.34. The van der Waals surface area contributed by atoms with Crippen molar-refractivity contribution in [2.45, 2.75) is 32.7 Å². The summed E-state index contributed by atoms with van der Waals surface area (Å²) in [4.78, 5) is 14.4. The smallest absolute Gasteiger partial charge is 0.322 e. The van der Waals surface area contributed by atoms with Crippen molar-refractivity contribution in [3.8, 4) is 0 Å². The fourth-order valence-corrected chi connectivity index (χ4v) is 2.74. The number of carbonyl (C=O) groups excluding carboxylic acids is 1. The number of piperidine rings is 1. The number of benzene rings is 1. The Labute approximate surface area is 131 Å². The number of amides is 2. The van der Waals surface area contributed by atoms with Crippen LogP contribution in [0.1, 0.15) is 26.7 Å². The highest BCUT2D eigenvalue weighted by Gasteiger charge is 2.22. The van der Waals surface area contributed by atoms with E-state index in [1.165, 1.54) is 12.8 Å². The molecule has 0 aromatic heterocycles. The van der Waals surface area contributed by atoms with Crippen molar-refractivity contribution in [2.75, 3.05) is 25.0 Å². The van der Waals surface area contributed by atoms with E-state index < -0.39 is 0 Å². The first-order valence-corrected chi connectivity index (χ1v) is 7.98. The molecule has 1 heterocycles. The summed E-state index contributed by atoms with van der Waals surface area (Å²) in [5.74, 6) is 0.539. The van der Waals surface area contributed by atoms with Crippen LogP contribution in [-0.4, -0.2) is 36.6 Å². The third kappa shape index (κ3) is 4.90. The Hall–Kier alpha value is -1.26. The van der Waals surface area contributed by atoms with Gasteiger partial charge in [0.2, 0.25) is 0 Å². The lowest BCUT2D eigenvalue weighted by atomic mass is 9.99. The Balaban J connectivity index is 1.96. The molecule has 2 amide bonds. The molecule has 1 saturated heterocycles. The molecule has 1 atom stereocenters. The minimum absolute atomic E-state index is 0.0436. The van der Waals surface area contributed by atoms with Crippen LogP contribution in [0.5, 0.6) is 0 Å². The van der Waals surface area contributed by atoms with Gasteiger partial charge in [0.15, 0.2) is 0 Å². The molecule has 116 valence electrons. The van der Waals surface area contributed by atoms with E-state index in [0.717, 1.165) is 25.3 Å². The third-order valence-corrected chi connectivity index (χ3v) is 4.09. The van der Waals surface area contributed by atoms with Gasteiger partial charge in [-0.05, 0) is 70.0 Å². The molecule has 1 aliphatic heterocycles. The van der Waals surface area contributed by atoms with Crippen LogP contribution in [0.25, 0.3) is 0 Å². The zero-order valence-corrected chi connectivity index (χ0v) is 13.5. The summed E-state index contributed by atoms with van der Waals surface area (Å²) >= 11 is 5.86. The summed E-state index contributed by atoms with van der Waals surface area (Å²) < 4.78 is 0. The highest BCUT2D eigenvalue weighted by Crippen LogP contribution is 2.17. The van der Waals surface area contributed by atoms with Crippen LogP contribution in [0.3, 0.4) is 0 Å². The van der Waals surface area contributed by atoms with Gasteiger partial charge in [-0.25, -0.2) is 4.79 Å². The second-order valence-corrected chi connectivity index (χ2v) is 6.33. The minimum Gasteiger partial charge on any atom is -0.322 e. The first kappa shape index (κ1) is 16.1. The van der Waals surface area contributed by atoms with E-state index in [2.05, 4.69) is 24.5 Å². The summed E-state index contributed by atoms with van der Waals surface area (Å²) in [7, 11) is 0. The molecular weight excluding hydrogens is 286 g/mol. The molecule has 1 unspecified atom stereocenters. The maximum absolute atomic E-state index is 12.5. The van der Waals surface area contributed by atoms with E-state index >= 15 is 0 Å². The summed E-state index contributed by atoms with van der Waals surface area (Å²) in [6.07, 6.45) is 2.37. The number of rotatable bonds is 4. The third-order valence-electron chi connectivity index (χ3n) is 3.83. The molecule has 5 heteroatoms. The molecule has 1 aromatic rings. The van der Waals surface area contributed by atoms with Crippen LogP contribution in [0.2, 0.25) is 5.02 Å². The first-order valence-electron chi connectivity index (χ1n) is 7.60.